The fraction of sp³-hybridized carbons (Fsp3) is 0.625. The van der Waals surface area contributed by atoms with Crippen molar-refractivity contribution in [2.75, 3.05) is 13.1 Å². The van der Waals surface area contributed by atoms with Crippen LogP contribution in [0.4, 0.5) is 4.39 Å². The highest BCUT2D eigenvalue weighted by Crippen LogP contribution is 2.35. The lowest BCUT2D eigenvalue weighted by Crippen LogP contribution is -2.49. The minimum atomic E-state index is -0.220. The van der Waals surface area contributed by atoms with Gasteiger partial charge in [0.1, 0.15) is 5.82 Å². The largest absolute Gasteiger partial charge is 0.329 e. The summed E-state index contributed by atoms with van der Waals surface area (Å²) < 4.78 is 14.1. The van der Waals surface area contributed by atoms with Crippen molar-refractivity contribution in [1.82, 2.24) is 4.90 Å². The van der Waals surface area contributed by atoms with E-state index in [9.17, 15) is 4.39 Å². The first-order valence-corrected chi connectivity index (χ1v) is 7.72. The minimum Gasteiger partial charge on any atom is -0.329 e. The van der Waals surface area contributed by atoms with Crippen molar-refractivity contribution in [3.8, 4) is 0 Å². The zero-order valence-corrected chi connectivity index (χ0v) is 13.2. The Bertz CT molecular complexity index is 466. The molecule has 4 heteroatoms. The number of nitrogens with two attached hydrogens (primary N) is 1. The van der Waals surface area contributed by atoms with E-state index in [0.29, 0.717) is 35.0 Å². The maximum Gasteiger partial charge on any atom is 0.128 e. The molecule has 4 atom stereocenters. The standard InChI is InChI=1S/C16H24ClFN2/c1-10-6-11(2)12(3)20(9-10)16(8-19)14-7-13(17)4-5-15(14)18/h4-5,7,10-12,16H,6,8-9,19H2,1-3H3. The maximum absolute atomic E-state index is 14.1. The second-order valence-electron chi connectivity index (χ2n) is 6.17. The quantitative estimate of drug-likeness (QED) is 0.918. The Labute approximate surface area is 126 Å². The average Bonchev–Trinajstić information content (AvgIpc) is 2.40. The van der Waals surface area contributed by atoms with Crippen LogP contribution in [0.25, 0.3) is 0 Å². The van der Waals surface area contributed by atoms with E-state index in [1.165, 1.54) is 12.5 Å². The fourth-order valence-electron chi connectivity index (χ4n) is 3.38. The van der Waals surface area contributed by atoms with Crippen LogP contribution in [0.5, 0.6) is 0 Å². The zero-order valence-electron chi connectivity index (χ0n) is 12.4. The number of hydrogen-bond donors (Lipinski definition) is 1. The van der Waals surface area contributed by atoms with Crippen molar-refractivity contribution < 1.29 is 4.39 Å². The van der Waals surface area contributed by atoms with E-state index < -0.39 is 0 Å². The monoisotopic (exact) mass is 298 g/mol. The van der Waals surface area contributed by atoms with Gasteiger partial charge in [-0.25, -0.2) is 4.39 Å². The van der Waals surface area contributed by atoms with Gasteiger partial charge in [-0.2, -0.15) is 0 Å². The first-order valence-electron chi connectivity index (χ1n) is 7.34. The van der Waals surface area contributed by atoms with Crippen LogP contribution < -0.4 is 5.73 Å². The van der Waals surface area contributed by atoms with Gasteiger partial charge in [0.2, 0.25) is 0 Å². The Kier molecular flexibility index (Phi) is 5.05. The minimum absolute atomic E-state index is 0.103. The molecule has 4 unspecified atom stereocenters. The fourth-order valence-corrected chi connectivity index (χ4v) is 3.56. The molecule has 0 bridgehead atoms. The summed E-state index contributed by atoms with van der Waals surface area (Å²) in [5.74, 6) is 0.982. The molecule has 1 fully saturated rings. The van der Waals surface area contributed by atoms with Crippen molar-refractivity contribution in [1.29, 1.82) is 0 Å². The van der Waals surface area contributed by atoms with Gasteiger partial charge in [0.05, 0.1) is 6.04 Å². The number of benzene rings is 1. The van der Waals surface area contributed by atoms with Crippen LogP contribution in [0, 0.1) is 17.7 Å². The number of halogens is 2. The van der Waals surface area contributed by atoms with E-state index in [2.05, 4.69) is 25.7 Å². The summed E-state index contributed by atoms with van der Waals surface area (Å²) >= 11 is 6.02. The summed E-state index contributed by atoms with van der Waals surface area (Å²) in [6.45, 7) is 8.08. The van der Waals surface area contributed by atoms with Gasteiger partial charge < -0.3 is 5.73 Å². The van der Waals surface area contributed by atoms with Crippen molar-refractivity contribution in [3.63, 3.8) is 0 Å². The third-order valence-corrected chi connectivity index (χ3v) is 4.82. The zero-order chi connectivity index (χ0) is 14.9. The van der Waals surface area contributed by atoms with Gasteiger partial charge in [0, 0.05) is 29.7 Å². The van der Waals surface area contributed by atoms with Crippen molar-refractivity contribution in [3.05, 3.63) is 34.6 Å². The molecule has 0 spiro atoms. The van der Waals surface area contributed by atoms with Gasteiger partial charge in [0.25, 0.3) is 0 Å². The molecule has 1 aliphatic heterocycles. The molecule has 20 heavy (non-hydrogen) atoms. The molecule has 1 aromatic rings. The predicted molar refractivity (Wildman–Crippen MR) is 82.3 cm³/mol. The van der Waals surface area contributed by atoms with Gasteiger partial charge in [-0.15, -0.1) is 0 Å². The van der Waals surface area contributed by atoms with Gasteiger partial charge >= 0.3 is 0 Å². The summed E-state index contributed by atoms with van der Waals surface area (Å²) in [4.78, 5) is 2.34. The molecule has 2 nitrogen and oxygen atoms in total. The van der Waals surface area contributed by atoms with E-state index in [1.807, 2.05) is 0 Å². The van der Waals surface area contributed by atoms with Gasteiger partial charge in [-0.05, 0) is 43.4 Å². The lowest BCUT2D eigenvalue weighted by Gasteiger charge is -2.45. The van der Waals surface area contributed by atoms with Gasteiger partial charge in [-0.3, -0.25) is 4.90 Å². The average molecular weight is 299 g/mol. The molecule has 0 aliphatic carbocycles. The summed E-state index contributed by atoms with van der Waals surface area (Å²) in [5, 5.41) is 0.561. The van der Waals surface area contributed by atoms with Crippen LogP contribution in [-0.2, 0) is 0 Å². The summed E-state index contributed by atoms with van der Waals surface area (Å²) in [5.41, 5.74) is 6.57. The van der Waals surface area contributed by atoms with E-state index in [-0.39, 0.29) is 11.9 Å². The highest BCUT2D eigenvalue weighted by Gasteiger charge is 2.34. The van der Waals surface area contributed by atoms with Crippen LogP contribution in [0.3, 0.4) is 0 Å². The molecule has 0 saturated carbocycles. The van der Waals surface area contributed by atoms with Gasteiger partial charge in [0.15, 0.2) is 0 Å². The number of hydrogen-bond acceptors (Lipinski definition) is 2. The highest BCUT2D eigenvalue weighted by atomic mass is 35.5. The molecule has 2 N–H and O–H groups in total. The third kappa shape index (κ3) is 3.16. The number of nitrogens with zero attached hydrogens (tertiary/aromatic N) is 1. The van der Waals surface area contributed by atoms with Crippen LogP contribution in [0.15, 0.2) is 18.2 Å². The topological polar surface area (TPSA) is 29.3 Å². The Hall–Kier alpha value is -0.640. The molecule has 0 amide bonds. The molecule has 2 rings (SSSR count). The van der Waals surface area contributed by atoms with Crippen LogP contribution in [0.1, 0.15) is 38.8 Å². The Balaban J connectivity index is 2.33. The Morgan fingerprint density at radius 3 is 2.75 bits per heavy atom. The molecule has 1 aliphatic rings. The molecular formula is C16H24ClFN2. The summed E-state index contributed by atoms with van der Waals surface area (Å²) in [7, 11) is 0. The van der Waals surface area contributed by atoms with Crippen LogP contribution >= 0.6 is 11.6 Å². The molecule has 112 valence electrons. The highest BCUT2D eigenvalue weighted by molar-refractivity contribution is 6.30. The first kappa shape index (κ1) is 15.7. The third-order valence-electron chi connectivity index (χ3n) is 4.58. The van der Waals surface area contributed by atoms with Crippen LogP contribution in [-0.4, -0.2) is 24.0 Å². The Morgan fingerprint density at radius 2 is 2.10 bits per heavy atom. The smallest absolute Gasteiger partial charge is 0.128 e. The molecule has 0 radical (unpaired) electrons. The molecule has 0 aromatic heterocycles. The molecule has 1 saturated heterocycles. The SMILES string of the molecule is CC1CC(C)C(C)N(C(CN)c2cc(Cl)ccc2F)C1. The summed E-state index contributed by atoms with van der Waals surface area (Å²) in [6.07, 6.45) is 1.22. The van der Waals surface area contributed by atoms with Crippen molar-refractivity contribution in [2.45, 2.75) is 39.3 Å². The normalized spacial score (nSPS) is 29.4. The maximum atomic E-state index is 14.1. The predicted octanol–water partition coefficient (Wildman–Crippen LogP) is 3.85. The van der Waals surface area contributed by atoms with Crippen molar-refractivity contribution >= 4 is 11.6 Å². The molecule has 1 aromatic carbocycles. The second kappa shape index (κ2) is 6.42. The lowest BCUT2D eigenvalue weighted by atomic mass is 9.84. The lowest BCUT2D eigenvalue weighted by molar-refractivity contribution is 0.0412. The van der Waals surface area contributed by atoms with Gasteiger partial charge in [-0.1, -0.05) is 25.4 Å². The van der Waals surface area contributed by atoms with E-state index in [0.717, 1.165) is 6.54 Å². The molecular weight excluding hydrogens is 275 g/mol. The second-order valence-corrected chi connectivity index (χ2v) is 6.61. The van der Waals surface area contributed by atoms with Crippen LogP contribution in [0.2, 0.25) is 5.02 Å². The number of rotatable bonds is 3. The number of likely N-dealkylation sites (tertiary alicyclic amines) is 1. The Morgan fingerprint density at radius 1 is 1.40 bits per heavy atom. The molecule has 1 heterocycles. The summed E-state index contributed by atoms with van der Waals surface area (Å²) in [6, 6.07) is 5.03. The first-order chi connectivity index (χ1) is 9.43. The van der Waals surface area contributed by atoms with E-state index >= 15 is 0 Å². The van der Waals surface area contributed by atoms with Crippen molar-refractivity contribution in [2.24, 2.45) is 17.6 Å². The number of piperidine rings is 1. The van der Waals surface area contributed by atoms with E-state index in [1.54, 1.807) is 12.1 Å². The van der Waals surface area contributed by atoms with E-state index in [4.69, 9.17) is 17.3 Å².